The van der Waals surface area contributed by atoms with E-state index in [4.69, 9.17) is 0 Å². The summed E-state index contributed by atoms with van der Waals surface area (Å²) in [6, 6.07) is 11.0. The fraction of sp³-hybridized carbons (Fsp3) is 0.318. The molecular formula is C22H22F2N4O. The van der Waals surface area contributed by atoms with Crippen molar-refractivity contribution >= 4 is 5.91 Å². The first-order valence-electron chi connectivity index (χ1n) is 9.79. The molecule has 29 heavy (non-hydrogen) atoms. The third-order valence-electron chi connectivity index (χ3n) is 5.46. The van der Waals surface area contributed by atoms with E-state index in [2.05, 4.69) is 15.2 Å². The fourth-order valence-corrected chi connectivity index (χ4v) is 3.87. The predicted octanol–water partition coefficient (Wildman–Crippen LogP) is 4.23. The minimum Gasteiger partial charge on any atom is -0.338 e. The molecular weight excluding hydrogens is 374 g/mol. The predicted molar refractivity (Wildman–Crippen MR) is 105 cm³/mol. The summed E-state index contributed by atoms with van der Waals surface area (Å²) < 4.78 is 26.9. The molecule has 0 bridgehead atoms. The van der Waals surface area contributed by atoms with E-state index in [0.29, 0.717) is 35.8 Å². The van der Waals surface area contributed by atoms with E-state index < -0.39 is 11.6 Å². The Bertz CT molecular complexity index is 973. The van der Waals surface area contributed by atoms with Crippen LogP contribution in [-0.2, 0) is 6.42 Å². The number of hydrogen-bond acceptors (Lipinski definition) is 3. The number of nitrogens with zero attached hydrogens (tertiary/aromatic N) is 3. The third-order valence-corrected chi connectivity index (χ3v) is 5.46. The maximum absolute atomic E-state index is 13.9. The van der Waals surface area contributed by atoms with Crippen molar-refractivity contribution in [2.75, 3.05) is 13.1 Å². The number of carbonyl (C=O) groups is 1. The van der Waals surface area contributed by atoms with Crippen molar-refractivity contribution in [1.82, 2.24) is 20.1 Å². The number of aryl methyl sites for hydroxylation is 1. The van der Waals surface area contributed by atoms with E-state index in [1.165, 1.54) is 18.5 Å². The van der Waals surface area contributed by atoms with Gasteiger partial charge in [0.25, 0.3) is 5.91 Å². The Balaban J connectivity index is 1.36. The van der Waals surface area contributed by atoms with Crippen molar-refractivity contribution in [2.45, 2.75) is 25.7 Å². The number of aromatic amines is 1. The summed E-state index contributed by atoms with van der Waals surface area (Å²) in [5.74, 6) is -0.0805. The van der Waals surface area contributed by atoms with Crippen LogP contribution in [0.4, 0.5) is 8.78 Å². The van der Waals surface area contributed by atoms with E-state index in [9.17, 15) is 13.6 Å². The molecule has 1 unspecified atom stereocenters. The number of rotatable bonds is 5. The Morgan fingerprint density at radius 1 is 1.17 bits per heavy atom. The Kier molecular flexibility index (Phi) is 5.64. The Labute approximate surface area is 167 Å². The highest BCUT2D eigenvalue weighted by atomic mass is 19.1. The molecule has 3 aromatic rings. The summed E-state index contributed by atoms with van der Waals surface area (Å²) in [4.78, 5) is 18.9. The van der Waals surface area contributed by atoms with Gasteiger partial charge in [0.2, 0.25) is 0 Å². The van der Waals surface area contributed by atoms with Gasteiger partial charge in [0, 0.05) is 30.3 Å². The van der Waals surface area contributed by atoms with Gasteiger partial charge in [-0.3, -0.25) is 9.89 Å². The number of carbonyl (C=O) groups excluding carboxylic acids is 1. The lowest BCUT2D eigenvalue weighted by Crippen LogP contribution is -2.40. The molecule has 1 saturated heterocycles. The van der Waals surface area contributed by atoms with Crippen LogP contribution in [-0.4, -0.2) is 39.1 Å². The van der Waals surface area contributed by atoms with Crippen molar-refractivity contribution < 1.29 is 13.6 Å². The Morgan fingerprint density at radius 3 is 2.72 bits per heavy atom. The molecule has 1 amide bonds. The Morgan fingerprint density at radius 2 is 2.00 bits per heavy atom. The topological polar surface area (TPSA) is 61.9 Å². The molecule has 1 aromatic heterocycles. The van der Waals surface area contributed by atoms with E-state index in [0.717, 1.165) is 37.4 Å². The van der Waals surface area contributed by atoms with Crippen LogP contribution in [0.15, 0.2) is 48.8 Å². The second-order valence-electron chi connectivity index (χ2n) is 7.45. The molecule has 1 aliphatic heterocycles. The lowest BCUT2D eigenvalue weighted by Gasteiger charge is -2.33. The van der Waals surface area contributed by atoms with Gasteiger partial charge in [0.1, 0.15) is 18.0 Å². The van der Waals surface area contributed by atoms with Crippen LogP contribution in [0.2, 0.25) is 0 Å². The van der Waals surface area contributed by atoms with Gasteiger partial charge in [0.05, 0.1) is 0 Å². The van der Waals surface area contributed by atoms with Crippen molar-refractivity contribution in [1.29, 1.82) is 0 Å². The third kappa shape index (κ3) is 4.50. The summed E-state index contributed by atoms with van der Waals surface area (Å²) in [5, 5.41) is 6.64. The maximum atomic E-state index is 13.9. The molecule has 0 saturated carbocycles. The second-order valence-corrected chi connectivity index (χ2v) is 7.45. The molecule has 150 valence electrons. The smallest absolute Gasteiger partial charge is 0.253 e. The first-order chi connectivity index (χ1) is 14.1. The Hall–Kier alpha value is -3.09. The van der Waals surface area contributed by atoms with Gasteiger partial charge in [-0.05, 0) is 55.4 Å². The maximum Gasteiger partial charge on any atom is 0.253 e. The van der Waals surface area contributed by atoms with Gasteiger partial charge in [-0.15, -0.1) is 0 Å². The lowest BCUT2D eigenvalue weighted by atomic mass is 9.91. The number of piperidine rings is 1. The normalized spacial score (nSPS) is 16.8. The number of amides is 1. The molecule has 5 nitrogen and oxygen atoms in total. The van der Waals surface area contributed by atoms with Gasteiger partial charge in [-0.1, -0.05) is 18.2 Å². The largest absolute Gasteiger partial charge is 0.338 e. The monoisotopic (exact) mass is 396 g/mol. The van der Waals surface area contributed by atoms with E-state index >= 15 is 0 Å². The SMILES string of the molecule is O=C(c1ccc(-c2ncn[nH]2)cc1)N1CCCC(CCc2ccc(F)cc2F)C1. The standard InChI is InChI=1S/C22H22F2N4O/c23-19-10-9-16(20(24)12-19)4-3-15-2-1-11-28(13-15)22(29)18-7-5-17(6-8-18)21-25-14-26-27-21/h5-10,12,14-15H,1-4,11,13H2,(H,25,26,27). The first kappa shape index (κ1) is 19.2. The summed E-state index contributed by atoms with van der Waals surface area (Å²) >= 11 is 0. The van der Waals surface area contributed by atoms with Gasteiger partial charge >= 0.3 is 0 Å². The highest BCUT2D eigenvalue weighted by Crippen LogP contribution is 2.24. The molecule has 0 spiro atoms. The molecule has 0 aliphatic carbocycles. The van der Waals surface area contributed by atoms with Gasteiger partial charge in [-0.25, -0.2) is 13.8 Å². The molecule has 2 aromatic carbocycles. The van der Waals surface area contributed by atoms with Crippen LogP contribution < -0.4 is 0 Å². The quantitative estimate of drug-likeness (QED) is 0.702. The van der Waals surface area contributed by atoms with Gasteiger partial charge in [-0.2, -0.15) is 5.10 Å². The van der Waals surface area contributed by atoms with Crippen LogP contribution in [0.5, 0.6) is 0 Å². The number of likely N-dealkylation sites (tertiary alicyclic amines) is 1. The molecule has 1 fully saturated rings. The molecule has 1 N–H and O–H groups in total. The van der Waals surface area contributed by atoms with Crippen LogP contribution in [0.1, 0.15) is 35.2 Å². The second kappa shape index (κ2) is 8.51. The zero-order chi connectivity index (χ0) is 20.2. The van der Waals surface area contributed by atoms with Crippen molar-refractivity contribution in [2.24, 2.45) is 5.92 Å². The molecule has 1 atom stereocenters. The zero-order valence-corrected chi connectivity index (χ0v) is 15.9. The van der Waals surface area contributed by atoms with Gasteiger partial charge < -0.3 is 4.90 Å². The van der Waals surface area contributed by atoms with Crippen LogP contribution in [0.3, 0.4) is 0 Å². The lowest BCUT2D eigenvalue weighted by molar-refractivity contribution is 0.0668. The van der Waals surface area contributed by atoms with Crippen LogP contribution in [0, 0.1) is 17.6 Å². The fourth-order valence-electron chi connectivity index (χ4n) is 3.87. The summed E-state index contributed by atoms with van der Waals surface area (Å²) in [5.41, 5.74) is 2.04. The summed E-state index contributed by atoms with van der Waals surface area (Å²) in [6.07, 6.45) is 4.71. The average Bonchev–Trinajstić information content (AvgIpc) is 3.28. The molecule has 1 aliphatic rings. The van der Waals surface area contributed by atoms with Gasteiger partial charge in [0.15, 0.2) is 5.82 Å². The van der Waals surface area contributed by atoms with Crippen LogP contribution >= 0.6 is 0 Å². The van der Waals surface area contributed by atoms with E-state index in [1.807, 2.05) is 17.0 Å². The number of nitrogens with one attached hydrogen (secondary N) is 1. The number of benzene rings is 2. The van der Waals surface area contributed by atoms with E-state index in [-0.39, 0.29) is 5.91 Å². The highest BCUT2D eigenvalue weighted by molar-refractivity contribution is 5.94. The molecule has 7 heteroatoms. The number of aromatic nitrogens is 3. The minimum atomic E-state index is -0.560. The highest BCUT2D eigenvalue weighted by Gasteiger charge is 2.24. The van der Waals surface area contributed by atoms with Crippen molar-refractivity contribution in [3.63, 3.8) is 0 Å². The summed E-state index contributed by atoms with van der Waals surface area (Å²) in [7, 11) is 0. The molecule has 0 radical (unpaired) electrons. The molecule has 4 rings (SSSR count). The van der Waals surface area contributed by atoms with Crippen molar-refractivity contribution in [3.8, 4) is 11.4 Å². The van der Waals surface area contributed by atoms with Crippen molar-refractivity contribution in [3.05, 3.63) is 71.6 Å². The van der Waals surface area contributed by atoms with Crippen LogP contribution in [0.25, 0.3) is 11.4 Å². The number of H-pyrrole nitrogens is 1. The number of hydrogen-bond donors (Lipinski definition) is 1. The summed E-state index contributed by atoms with van der Waals surface area (Å²) in [6.45, 7) is 1.38. The first-order valence-corrected chi connectivity index (χ1v) is 9.79. The molecule has 2 heterocycles. The van der Waals surface area contributed by atoms with E-state index in [1.54, 1.807) is 12.1 Å². The number of halogens is 2. The average molecular weight is 396 g/mol. The zero-order valence-electron chi connectivity index (χ0n) is 15.9. The minimum absolute atomic E-state index is 0.00628.